The lowest BCUT2D eigenvalue weighted by atomic mass is 9.99. The summed E-state index contributed by atoms with van der Waals surface area (Å²) in [5, 5.41) is 18.9. The number of rotatable bonds is 8. The summed E-state index contributed by atoms with van der Waals surface area (Å²) in [5.41, 5.74) is 2.05. The average Bonchev–Trinajstić information content (AvgIpc) is 2.98. The molecule has 1 aliphatic heterocycles. The summed E-state index contributed by atoms with van der Waals surface area (Å²) < 4.78 is 39.4. The van der Waals surface area contributed by atoms with Gasteiger partial charge in [-0.3, -0.25) is 4.79 Å². The van der Waals surface area contributed by atoms with Crippen LogP contribution in [0.4, 0.5) is 0 Å². The monoisotopic (exact) mass is 564 g/mol. The molecule has 1 aliphatic rings. The van der Waals surface area contributed by atoms with Gasteiger partial charge < -0.3 is 19.5 Å². The third-order valence-electron chi connectivity index (χ3n) is 7.05. The molecule has 3 aromatic rings. The largest absolute Gasteiger partial charge is 0.497 e. The van der Waals surface area contributed by atoms with Gasteiger partial charge in [0.2, 0.25) is 15.9 Å². The van der Waals surface area contributed by atoms with Crippen molar-refractivity contribution in [1.29, 1.82) is 5.26 Å². The zero-order valence-electron chi connectivity index (χ0n) is 22.8. The summed E-state index contributed by atoms with van der Waals surface area (Å²) >= 11 is 0. The van der Waals surface area contributed by atoms with E-state index in [0.717, 1.165) is 5.56 Å². The molecular weight excluding hydrogens is 532 g/mol. The Morgan fingerprint density at radius 1 is 1.23 bits per heavy atom. The average molecular weight is 565 g/mol. The summed E-state index contributed by atoms with van der Waals surface area (Å²) in [6, 6.07) is 16.3. The zero-order valence-corrected chi connectivity index (χ0v) is 23.6. The molecule has 1 aromatic heterocycles. The van der Waals surface area contributed by atoms with Crippen LogP contribution in [0.3, 0.4) is 0 Å². The molecule has 0 saturated heterocycles. The van der Waals surface area contributed by atoms with Crippen LogP contribution in [0, 0.1) is 17.2 Å². The van der Waals surface area contributed by atoms with Gasteiger partial charge in [-0.15, -0.1) is 0 Å². The highest BCUT2D eigenvalue weighted by atomic mass is 32.2. The summed E-state index contributed by atoms with van der Waals surface area (Å²) in [5.74, 6) is 0.109. The van der Waals surface area contributed by atoms with Gasteiger partial charge in [-0.25, -0.2) is 13.4 Å². The number of aromatic nitrogens is 1. The van der Waals surface area contributed by atoms with E-state index in [1.807, 2.05) is 37.3 Å². The molecule has 1 amide bonds. The van der Waals surface area contributed by atoms with Crippen molar-refractivity contribution in [3.63, 3.8) is 0 Å². The Balaban J connectivity index is 1.70. The number of aliphatic hydroxyl groups excluding tert-OH is 1. The number of carbonyl (C=O) groups excluding carboxylic acids is 1. The number of nitriles is 1. The smallest absolute Gasteiger partial charge is 0.259 e. The van der Waals surface area contributed by atoms with Gasteiger partial charge >= 0.3 is 0 Å². The van der Waals surface area contributed by atoms with Crippen molar-refractivity contribution in [2.24, 2.45) is 5.92 Å². The molecule has 0 bridgehead atoms. The first-order valence-electron chi connectivity index (χ1n) is 12.8. The second-order valence-corrected chi connectivity index (χ2v) is 11.9. The second-order valence-electron chi connectivity index (χ2n) is 9.85. The molecule has 0 radical (unpaired) electrons. The Hall–Kier alpha value is -3.98. The topological polar surface area (TPSA) is 133 Å². The van der Waals surface area contributed by atoms with Crippen molar-refractivity contribution < 1.29 is 27.8 Å². The summed E-state index contributed by atoms with van der Waals surface area (Å²) in [4.78, 5) is 19.8. The number of pyridine rings is 1. The SMILES string of the molecule is COc1cccc(-c2cnc3c(c2)C(=O)N([C@H](C)CO)C[C@H](C)[C@H](CN(C)S(=O)(=O)c2ccc(C#N)cc2)O3)c1. The number of benzene rings is 2. The first-order valence-corrected chi connectivity index (χ1v) is 14.2. The number of hydrogen-bond donors (Lipinski definition) is 1. The van der Waals surface area contributed by atoms with Crippen LogP contribution in [0.5, 0.6) is 11.6 Å². The summed E-state index contributed by atoms with van der Waals surface area (Å²) in [6.07, 6.45) is 0.940. The molecule has 0 aliphatic carbocycles. The van der Waals surface area contributed by atoms with Crippen LogP contribution in [0.25, 0.3) is 11.1 Å². The molecule has 2 heterocycles. The number of nitrogens with zero attached hydrogens (tertiary/aromatic N) is 4. The minimum Gasteiger partial charge on any atom is -0.497 e. The number of carbonyl (C=O) groups is 1. The molecule has 11 heteroatoms. The van der Waals surface area contributed by atoms with E-state index in [1.54, 1.807) is 31.2 Å². The maximum Gasteiger partial charge on any atom is 0.259 e. The Morgan fingerprint density at radius 2 is 1.95 bits per heavy atom. The molecule has 3 atom stereocenters. The highest BCUT2D eigenvalue weighted by Gasteiger charge is 2.36. The highest BCUT2D eigenvalue weighted by Crippen LogP contribution is 2.32. The zero-order chi connectivity index (χ0) is 29.0. The van der Waals surface area contributed by atoms with Crippen molar-refractivity contribution >= 4 is 15.9 Å². The number of amides is 1. The molecule has 1 N–H and O–H groups in total. The van der Waals surface area contributed by atoms with Gasteiger partial charge in [-0.05, 0) is 55.0 Å². The van der Waals surface area contributed by atoms with Crippen LogP contribution in [0.2, 0.25) is 0 Å². The summed E-state index contributed by atoms with van der Waals surface area (Å²) in [7, 11) is -0.856. The standard InChI is InChI=1S/C29H32N4O6S/c1-19-16-33(20(2)18-34)29(35)26-13-23(22-6-5-7-24(12-22)38-4)15-31-28(26)39-27(19)17-32(3)40(36,37)25-10-8-21(14-30)9-11-25/h5-13,15,19-20,27,34H,16-18H2,1-4H3/t19-,20+,27-/m0/s1. The lowest BCUT2D eigenvalue weighted by molar-refractivity contribution is 0.0373. The van der Waals surface area contributed by atoms with Crippen molar-refractivity contribution in [2.75, 3.05) is 33.9 Å². The van der Waals surface area contributed by atoms with Crippen molar-refractivity contribution in [3.8, 4) is 28.8 Å². The predicted octanol–water partition coefficient (Wildman–Crippen LogP) is 3.17. The summed E-state index contributed by atoms with van der Waals surface area (Å²) in [6.45, 7) is 3.60. The van der Waals surface area contributed by atoms with Crippen molar-refractivity contribution in [1.82, 2.24) is 14.2 Å². The van der Waals surface area contributed by atoms with Crippen molar-refractivity contribution in [2.45, 2.75) is 30.9 Å². The fourth-order valence-electron chi connectivity index (χ4n) is 4.51. The molecule has 4 rings (SSSR count). The van der Waals surface area contributed by atoms with Crippen molar-refractivity contribution in [3.05, 3.63) is 71.9 Å². The molecule has 2 aromatic carbocycles. The van der Waals surface area contributed by atoms with Crippen LogP contribution in [0.15, 0.2) is 65.7 Å². The highest BCUT2D eigenvalue weighted by molar-refractivity contribution is 7.89. The molecule has 10 nitrogen and oxygen atoms in total. The molecular formula is C29H32N4O6S. The minimum atomic E-state index is -3.89. The third-order valence-corrected chi connectivity index (χ3v) is 8.89. The molecule has 0 fully saturated rings. The lowest BCUT2D eigenvalue weighted by Crippen LogP contribution is -2.50. The van der Waals surface area contributed by atoms with Crippen LogP contribution < -0.4 is 9.47 Å². The predicted molar refractivity (Wildman–Crippen MR) is 148 cm³/mol. The second kappa shape index (κ2) is 12.0. The van der Waals surface area contributed by atoms with Crippen LogP contribution in [-0.4, -0.2) is 79.6 Å². The normalized spacial score (nSPS) is 18.2. The number of fused-ring (bicyclic) bond motifs is 1. The van der Waals surface area contributed by atoms with E-state index < -0.39 is 22.2 Å². The number of ether oxygens (including phenoxy) is 2. The van der Waals surface area contributed by atoms with Crippen LogP contribution in [0.1, 0.15) is 29.8 Å². The lowest BCUT2D eigenvalue weighted by Gasteiger charge is -2.37. The minimum absolute atomic E-state index is 0.0161. The maximum absolute atomic E-state index is 13.7. The van der Waals surface area contributed by atoms with Gasteiger partial charge in [-0.1, -0.05) is 19.1 Å². The van der Waals surface area contributed by atoms with Gasteiger partial charge in [0.15, 0.2) is 0 Å². The molecule has 40 heavy (non-hydrogen) atoms. The van der Waals surface area contributed by atoms with E-state index in [-0.39, 0.29) is 47.9 Å². The van der Waals surface area contributed by atoms with E-state index in [2.05, 4.69) is 4.98 Å². The van der Waals surface area contributed by atoms with Gasteiger partial charge in [0, 0.05) is 31.3 Å². The Morgan fingerprint density at radius 3 is 2.60 bits per heavy atom. The van der Waals surface area contributed by atoms with Gasteiger partial charge in [0.25, 0.3) is 5.91 Å². The third kappa shape index (κ3) is 5.94. The van der Waals surface area contributed by atoms with Crippen LogP contribution in [-0.2, 0) is 10.0 Å². The fourth-order valence-corrected chi connectivity index (χ4v) is 5.70. The number of aliphatic hydroxyl groups is 1. The Labute approximate surface area is 234 Å². The first-order chi connectivity index (χ1) is 19.1. The molecule has 0 unspecified atom stereocenters. The van der Waals surface area contributed by atoms with Gasteiger partial charge in [0.05, 0.1) is 42.8 Å². The maximum atomic E-state index is 13.7. The van der Waals surface area contributed by atoms with E-state index in [1.165, 1.54) is 35.6 Å². The van der Waals surface area contributed by atoms with E-state index >= 15 is 0 Å². The number of likely N-dealkylation sites (N-methyl/N-ethyl adjacent to an activating group) is 1. The van der Waals surface area contributed by atoms with E-state index in [0.29, 0.717) is 16.9 Å². The number of methoxy groups -OCH3 is 1. The molecule has 0 saturated carbocycles. The Kier molecular flexibility index (Phi) is 8.73. The number of sulfonamides is 1. The number of hydrogen-bond acceptors (Lipinski definition) is 8. The van der Waals surface area contributed by atoms with Crippen LogP contribution >= 0.6 is 0 Å². The van der Waals surface area contributed by atoms with Gasteiger partial charge in [0.1, 0.15) is 17.4 Å². The fraction of sp³-hybridized carbons (Fsp3) is 0.345. The van der Waals surface area contributed by atoms with E-state index in [4.69, 9.17) is 14.7 Å². The first kappa shape index (κ1) is 29.0. The molecule has 0 spiro atoms. The quantitative estimate of drug-likeness (QED) is 0.441. The molecule has 210 valence electrons. The van der Waals surface area contributed by atoms with E-state index in [9.17, 15) is 18.3 Å². The Bertz CT molecular complexity index is 1520. The van der Waals surface area contributed by atoms with Gasteiger partial charge in [-0.2, -0.15) is 9.57 Å².